The van der Waals surface area contributed by atoms with Gasteiger partial charge in [-0.05, 0) is 59.0 Å². The molecule has 10 heteroatoms. The second-order valence-electron chi connectivity index (χ2n) is 12.0. The van der Waals surface area contributed by atoms with E-state index < -0.39 is 16.8 Å². The molecule has 0 radical (unpaired) electrons. The number of pyridine rings is 1. The summed E-state index contributed by atoms with van der Waals surface area (Å²) in [6.07, 6.45) is 3.87. The third kappa shape index (κ3) is 7.84. The molecule has 0 fully saturated rings. The smallest absolute Gasteiger partial charge is 0.323 e. The summed E-state index contributed by atoms with van der Waals surface area (Å²) in [5, 5.41) is 7.50. The van der Waals surface area contributed by atoms with Crippen LogP contribution in [-0.4, -0.2) is 42.8 Å². The summed E-state index contributed by atoms with van der Waals surface area (Å²) in [4.78, 5) is 18.4. The monoisotopic (exact) mass is 653 g/mol. The Morgan fingerprint density at radius 2 is 1.47 bits per heavy atom. The van der Waals surface area contributed by atoms with Crippen molar-refractivity contribution >= 4 is 39.0 Å². The number of amides is 2. The largest absolute Gasteiger partial charge is 0.497 e. The van der Waals surface area contributed by atoms with Gasteiger partial charge in [0.15, 0.2) is 5.75 Å². The fourth-order valence-corrected chi connectivity index (χ4v) is 5.97. The molecular weight excluding hydrogens is 614 g/mol. The minimum absolute atomic E-state index is 0.239. The number of fused-ring (bicyclic) bond motifs is 1. The van der Waals surface area contributed by atoms with Gasteiger partial charge in [-0.2, -0.15) is 0 Å². The zero-order valence-electron chi connectivity index (χ0n) is 27.6. The number of carbonyl (C=O) groups excluding carboxylic acids is 1. The molecule has 0 saturated carbocycles. The molecule has 0 spiro atoms. The van der Waals surface area contributed by atoms with E-state index in [1.54, 1.807) is 38.8 Å². The van der Waals surface area contributed by atoms with Gasteiger partial charge >= 0.3 is 6.03 Å². The van der Waals surface area contributed by atoms with E-state index in [9.17, 15) is 9.00 Å². The molecule has 0 aliphatic heterocycles. The number of hydrogen-bond donors (Lipinski definition) is 2. The third-order valence-corrected chi connectivity index (χ3v) is 8.55. The van der Waals surface area contributed by atoms with Crippen molar-refractivity contribution in [3.05, 3.63) is 102 Å². The van der Waals surface area contributed by atoms with Crippen LogP contribution in [0.3, 0.4) is 0 Å². The van der Waals surface area contributed by atoms with Gasteiger partial charge in [0.05, 0.1) is 48.4 Å². The van der Waals surface area contributed by atoms with Crippen molar-refractivity contribution in [2.24, 2.45) is 0 Å². The van der Waals surface area contributed by atoms with E-state index in [-0.39, 0.29) is 5.41 Å². The Morgan fingerprint density at radius 3 is 2.11 bits per heavy atom. The van der Waals surface area contributed by atoms with E-state index in [1.807, 2.05) is 66.7 Å². The lowest BCUT2D eigenvalue weighted by atomic mass is 9.86. The molecule has 1 unspecified atom stereocenters. The van der Waals surface area contributed by atoms with Gasteiger partial charge in [-0.15, -0.1) is 0 Å². The average Bonchev–Trinajstić information content (AvgIpc) is 3.05. The minimum Gasteiger partial charge on any atom is -0.497 e. The van der Waals surface area contributed by atoms with E-state index in [2.05, 4.69) is 36.4 Å². The predicted octanol–water partition coefficient (Wildman–Crippen LogP) is 8.32. The number of urea groups is 1. The molecule has 9 nitrogen and oxygen atoms in total. The summed E-state index contributed by atoms with van der Waals surface area (Å²) >= 11 is 0. The van der Waals surface area contributed by atoms with Crippen LogP contribution in [0.1, 0.15) is 37.6 Å². The number of methoxy groups -OCH3 is 3. The summed E-state index contributed by atoms with van der Waals surface area (Å²) in [5.74, 6) is 3.04. The Bertz CT molecular complexity index is 1930. The van der Waals surface area contributed by atoms with Crippen LogP contribution in [0.15, 0.2) is 90.0 Å². The van der Waals surface area contributed by atoms with Crippen LogP contribution in [0, 0.1) is 0 Å². The highest BCUT2D eigenvalue weighted by molar-refractivity contribution is 7.84. The van der Waals surface area contributed by atoms with Gasteiger partial charge in [-0.1, -0.05) is 45.0 Å². The maximum atomic E-state index is 13.4. The lowest BCUT2D eigenvalue weighted by Crippen LogP contribution is -2.21. The molecule has 4 aromatic carbocycles. The summed E-state index contributed by atoms with van der Waals surface area (Å²) in [7, 11) is 3.42. The molecule has 5 aromatic rings. The van der Waals surface area contributed by atoms with E-state index >= 15 is 0 Å². The molecule has 1 heterocycles. The molecule has 5 rings (SSSR count). The molecule has 0 aliphatic carbocycles. The Balaban J connectivity index is 1.39. The predicted molar refractivity (Wildman–Crippen MR) is 187 cm³/mol. The number of ether oxygens (including phenoxy) is 4. The standard InChI is InChI=1S/C37H39N3O6S/c1-37(2,3)24-19-32(35(45-6)34(20-24)47(7)42)40-36(41)39-31-12-13-33(30-11-9-8-10-29(30)31)46-26-14-15-38-25(21-26)16-23-17-27(43-4)22-28(18-23)44-5/h8-15,17-22H,16H2,1-7H3,(H2,39,40,41). The van der Waals surface area contributed by atoms with Crippen molar-refractivity contribution in [1.82, 2.24) is 4.98 Å². The van der Waals surface area contributed by atoms with Crippen molar-refractivity contribution in [2.45, 2.75) is 37.5 Å². The maximum absolute atomic E-state index is 13.4. The van der Waals surface area contributed by atoms with E-state index in [4.69, 9.17) is 18.9 Å². The van der Waals surface area contributed by atoms with Gasteiger partial charge in [0, 0.05) is 47.5 Å². The van der Waals surface area contributed by atoms with Crippen molar-refractivity contribution in [2.75, 3.05) is 38.2 Å². The first-order chi connectivity index (χ1) is 22.5. The Kier molecular flexibility index (Phi) is 10.0. The van der Waals surface area contributed by atoms with Gasteiger partial charge < -0.3 is 29.6 Å². The van der Waals surface area contributed by atoms with E-state index in [1.165, 1.54) is 7.11 Å². The van der Waals surface area contributed by atoms with Gasteiger partial charge in [0.1, 0.15) is 23.0 Å². The zero-order valence-corrected chi connectivity index (χ0v) is 28.4. The van der Waals surface area contributed by atoms with Crippen LogP contribution < -0.4 is 29.6 Å². The molecule has 0 bridgehead atoms. The van der Waals surface area contributed by atoms with Crippen LogP contribution in [0.5, 0.6) is 28.7 Å². The highest BCUT2D eigenvalue weighted by atomic mass is 32.2. The maximum Gasteiger partial charge on any atom is 0.323 e. The normalized spacial score (nSPS) is 11.9. The van der Waals surface area contributed by atoms with E-state index in [0.29, 0.717) is 51.4 Å². The number of nitrogens with zero attached hydrogens (tertiary/aromatic N) is 1. The Labute approximate surface area is 277 Å². The molecule has 0 saturated heterocycles. The SMILES string of the molecule is COc1cc(Cc2cc(Oc3ccc(NC(=O)Nc4cc(C(C)(C)C)cc(S(C)=O)c4OC)c4ccccc34)ccn2)cc(OC)c1. The zero-order chi connectivity index (χ0) is 33.7. The molecule has 244 valence electrons. The van der Waals surface area contributed by atoms with Crippen molar-refractivity contribution in [1.29, 1.82) is 0 Å². The minimum atomic E-state index is -1.33. The highest BCUT2D eigenvalue weighted by Crippen LogP contribution is 2.38. The summed E-state index contributed by atoms with van der Waals surface area (Å²) in [6, 6.07) is 24.0. The van der Waals surface area contributed by atoms with Crippen LogP contribution >= 0.6 is 0 Å². The fraction of sp³-hybridized carbons (Fsp3) is 0.243. The van der Waals surface area contributed by atoms with Crippen LogP contribution in [0.4, 0.5) is 16.2 Å². The third-order valence-electron chi connectivity index (χ3n) is 7.63. The van der Waals surface area contributed by atoms with Crippen molar-refractivity contribution < 1.29 is 28.0 Å². The first kappa shape index (κ1) is 33.3. The first-order valence-electron chi connectivity index (χ1n) is 15.0. The molecule has 1 atom stereocenters. The number of benzene rings is 4. The lowest BCUT2D eigenvalue weighted by Gasteiger charge is -2.23. The highest BCUT2D eigenvalue weighted by Gasteiger charge is 2.22. The molecule has 1 aromatic heterocycles. The summed E-state index contributed by atoms with van der Waals surface area (Å²) in [6.45, 7) is 6.17. The van der Waals surface area contributed by atoms with Gasteiger partial charge in [-0.3, -0.25) is 9.19 Å². The summed E-state index contributed by atoms with van der Waals surface area (Å²) < 4.78 is 35.3. The lowest BCUT2D eigenvalue weighted by molar-refractivity contribution is 0.262. The molecule has 47 heavy (non-hydrogen) atoms. The quantitative estimate of drug-likeness (QED) is 0.156. The van der Waals surface area contributed by atoms with Crippen molar-refractivity contribution in [3.63, 3.8) is 0 Å². The van der Waals surface area contributed by atoms with E-state index in [0.717, 1.165) is 27.6 Å². The number of aromatic nitrogens is 1. The number of rotatable bonds is 10. The van der Waals surface area contributed by atoms with Gasteiger partial charge in [0.2, 0.25) is 0 Å². The molecule has 2 amide bonds. The number of carbonyl (C=O) groups is 1. The second kappa shape index (κ2) is 14.1. The van der Waals surface area contributed by atoms with Crippen molar-refractivity contribution in [3.8, 4) is 28.7 Å². The second-order valence-corrected chi connectivity index (χ2v) is 13.3. The molecule has 2 N–H and O–H groups in total. The van der Waals surface area contributed by atoms with Crippen LogP contribution in [-0.2, 0) is 22.6 Å². The topological polar surface area (TPSA) is 108 Å². The average molecular weight is 654 g/mol. The number of anilines is 2. The van der Waals surface area contributed by atoms with Gasteiger partial charge in [-0.25, -0.2) is 4.79 Å². The van der Waals surface area contributed by atoms with Crippen LogP contribution in [0.25, 0.3) is 10.8 Å². The van der Waals surface area contributed by atoms with Crippen LogP contribution in [0.2, 0.25) is 0 Å². The Morgan fingerprint density at radius 1 is 0.787 bits per heavy atom. The summed E-state index contributed by atoms with van der Waals surface area (Å²) in [5.41, 5.74) is 3.53. The molecule has 0 aliphatic rings. The molecular formula is C37H39N3O6S. The first-order valence-corrected chi connectivity index (χ1v) is 16.5. The number of hydrogen-bond acceptors (Lipinski definition) is 7. The Hall–Kier alpha value is -5.09. The number of nitrogens with one attached hydrogen (secondary N) is 2. The van der Waals surface area contributed by atoms with Gasteiger partial charge in [0.25, 0.3) is 0 Å². The fourth-order valence-electron chi connectivity index (χ4n) is 5.22.